The summed E-state index contributed by atoms with van der Waals surface area (Å²) in [5.74, 6) is -0.0108. The normalized spacial score (nSPS) is 14.1. The molecule has 0 amide bonds. The quantitative estimate of drug-likeness (QED) is 0.665. The minimum atomic E-state index is -0.535. The molecular formula is C10H14BrN3O3. The molecule has 94 valence electrons. The molecule has 0 aliphatic heterocycles. The van der Waals surface area contributed by atoms with Gasteiger partial charge in [0.1, 0.15) is 6.61 Å². The second-order valence-corrected chi connectivity index (χ2v) is 4.95. The first kappa shape index (κ1) is 13.9. The van der Waals surface area contributed by atoms with E-state index in [0.717, 1.165) is 0 Å². The highest BCUT2D eigenvalue weighted by Gasteiger charge is 2.22. The van der Waals surface area contributed by atoms with Gasteiger partial charge in [0, 0.05) is 22.3 Å². The third-order valence-electron chi connectivity index (χ3n) is 2.34. The maximum absolute atomic E-state index is 10.8. The molecule has 0 bridgehead atoms. The van der Waals surface area contributed by atoms with Crippen LogP contribution in [-0.4, -0.2) is 22.1 Å². The molecule has 0 aromatic carbocycles. The van der Waals surface area contributed by atoms with E-state index in [-0.39, 0.29) is 18.2 Å². The highest BCUT2D eigenvalue weighted by Crippen LogP contribution is 2.27. The lowest BCUT2D eigenvalue weighted by Gasteiger charge is -2.22. The molecule has 0 saturated heterocycles. The molecule has 0 aliphatic rings. The van der Waals surface area contributed by atoms with E-state index in [1.165, 1.54) is 12.3 Å². The predicted octanol–water partition coefficient (Wildman–Crippen LogP) is 2.26. The van der Waals surface area contributed by atoms with E-state index >= 15 is 0 Å². The number of nitro groups is 1. The SMILES string of the molecule is CCC(C)(N)COc1ncc(Br)cc1[N+](=O)[O-]. The van der Waals surface area contributed by atoms with Crippen molar-refractivity contribution in [1.29, 1.82) is 0 Å². The average Bonchev–Trinajstić information content (AvgIpc) is 2.27. The molecule has 0 aliphatic carbocycles. The van der Waals surface area contributed by atoms with E-state index in [4.69, 9.17) is 10.5 Å². The molecule has 0 radical (unpaired) electrons. The van der Waals surface area contributed by atoms with Crippen molar-refractivity contribution < 1.29 is 9.66 Å². The highest BCUT2D eigenvalue weighted by atomic mass is 79.9. The number of hydrogen-bond donors (Lipinski definition) is 1. The minimum absolute atomic E-state index is 0.0108. The van der Waals surface area contributed by atoms with Crippen LogP contribution in [0.1, 0.15) is 20.3 Å². The monoisotopic (exact) mass is 303 g/mol. The summed E-state index contributed by atoms with van der Waals surface area (Å²) in [6.45, 7) is 3.92. The van der Waals surface area contributed by atoms with Gasteiger partial charge in [-0.15, -0.1) is 0 Å². The van der Waals surface area contributed by atoms with Crippen LogP contribution < -0.4 is 10.5 Å². The van der Waals surface area contributed by atoms with E-state index in [2.05, 4.69) is 20.9 Å². The van der Waals surface area contributed by atoms with Gasteiger partial charge < -0.3 is 10.5 Å². The number of aromatic nitrogens is 1. The fraction of sp³-hybridized carbons (Fsp3) is 0.500. The van der Waals surface area contributed by atoms with Gasteiger partial charge in [-0.2, -0.15) is 0 Å². The molecule has 17 heavy (non-hydrogen) atoms. The lowest BCUT2D eigenvalue weighted by Crippen LogP contribution is -2.41. The molecule has 1 unspecified atom stereocenters. The maximum atomic E-state index is 10.8. The van der Waals surface area contributed by atoms with Crippen molar-refractivity contribution in [2.75, 3.05) is 6.61 Å². The van der Waals surface area contributed by atoms with Gasteiger partial charge in [0.2, 0.25) is 0 Å². The Morgan fingerprint density at radius 1 is 1.71 bits per heavy atom. The smallest absolute Gasteiger partial charge is 0.332 e. The molecule has 0 spiro atoms. The molecule has 1 aromatic heterocycles. The first-order chi connectivity index (χ1) is 7.85. The lowest BCUT2D eigenvalue weighted by atomic mass is 10.0. The maximum Gasteiger partial charge on any atom is 0.332 e. The van der Waals surface area contributed by atoms with Crippen molar-refractivity contribution >= 4 is 21.6 Å². The standard InChI is InChI=1S/C10H14BrN3O3/c1-3-10(2,12)6-17-9-8(14(15)16)4-7(11)5-13-9/h4-5H,3,6,12H2,1-2H3. The van der Waals surface area contributed by atoms with E-state index in [1.807, 2.05) is 13.8 Å². The Bertz CT molecular complexity index is 423. The summed E-state index contributed by atoms with van der Waals surface area (Å²) in [5, 5.41) is 10.8. The number of nitrogens with zero attached hydrogens (tertiary/aromatic N) is 2. The predicted molar refractivity (Wildman–Crippen MR) is 67.0 cm³/mol. The summed E-state index contributed by atoms with van der Waals surface area (Å²) in [5.41, 5.74) is 5.19. The number of halogens is 1. The zero-order valence-corrected chi connectivity index (χ0v) is 11.2. The largest absolute Gasteiger partial charge is 0.471 e. The Labute approximate surface area is 107 Å². The Morgan fingerprint density at radius 3 is 2.88 bits per heavy atom. The molecule has 1 heterocycles. The van der Waals surface area contributed by atoms with Gasteiger partial charge in [-0.25, -0.2) is 4.98 Å². The summed E-state index contributed by atoms with van der Waals surface area (Å²) in [7, 11) is 0. The average molecular weight is 304 g/mol. The number of nitrogens with two attached hydrogens (primary N) is 1. The van der Waals surface area contributed by atoms with Crippen LogP contribution >= 0.6 is 15.9 Å². The van der Waals surface area contributed by atoms with E-state index in [1.54, 1.807) is 0 Å². The van der Waals surface area contributed by atoms with Crippen LogP contribution in [0.2, 0.25) is 0 Å². The molecular weight excluding hydrogens is 290 g/mol. The fourth-order valence-electron chi connectivity index (χ4n) is 0.993. The number of hydrogen-bond acceptors (Lipinski definition) is 5. The van der Waals surface area contributed by atoms with E-state index in [9.17, 15) is 10.1 Å². The van der Waals surface area contributed by atoms with Crippen LogP contribution in [0, 0.1) is 10.1 Å². The van der Waals surface area contributed by atoms with Gasteiger partial charge in [0.15, 0.2) is 0 Å². The third-order valence-corrected chi connectivity index (χ3v) is 2.78. The lowest BCUT2D eigenvalue weighted by molar-refractivity contribution is -0.386. The van der Waals surface area contributed by atoms with Crippen molar-refractivity contribution in [3.8, 4) is 5.88 Å². The summed E-state index contributed by atoms with van der Waals surface area (Å²) in [6, 6.07) is 1.35. The van der Waals surface area contributed by atoms with Crippen molar-refractivity contribution in [2.24, 2.45) is 5.73 Å². The summed E-state index contributed by atoms with van der Waals surface area (Å²) >= 11 is 3.12. The van der Waals surface area contributed by atoms with Crippen molar-refractivity contribution in [3.05, 3.63) is 26.9 Å². The van der Waals surface area contributed by atoms with Crippen LogP contribution in [0.3, 0.4) is 0 Å². The van der Waals surface area contributed by atoms with Gasteiger partial charge in [-0.3, -0.25) is 10.1 Å². The summed E-state index contributed by atoms with van der Waals surface area (Å²) in [6.07, 6.45) is 2.15. The highest BCUT2D eigenvalue weighted by molar-refractivity contribution is 9.10. The topological polar surface area (TPSA) is 91.3 Å². The fourth-order valence-corrected chi connectivity index (χ4v) is 1.31. The van der Waals surface area contributed by atoms with Gasteiger partial charge in [-0.1, -0.05) is 6.92 Å². The van der Waals surface area contributed by atoms with Crippen LogP contribution in [-0.2, 0) is 0 Å². The molecule has 2 N–H and O–H groups in total. The Kier molecular flexibility index (Phi) is 4.41. The van der Waals surface area contributed by atoms with Gasteiger partial charge in [0.25, 0.3) is 5.88 Å². The Morgan fingerprint density at radius 2 is 2.35 bits per heavy atom. The summed E-state index contributed by atoms with van der Waals surface area (Å²) < 4.78 is 5.84. The first-order valence-corrected chi connectivity index (χ1v) is 5.86. The molecule has 0 fully saturated rings. The first-order valence-electron chi connectivity index (χ1n) is 5.07. The Balaban J connectivity index is 2.88. The number of pyridine rings is 1. The molecule has 7 heteroatoms. The van der Waals surface area contributed by atoms with Crippen molar-refractivity contribution in [2.45, 2.75) is 25.8 Å². The van der Waals surface area contributed by atoms with Crippen molar-refractivity contribution in [1.82, 2.24) is 4.98 Å². The molecule has 1 rings (SSSR count). The van der Waals surface area contributed by atoms with Crippen molar-refractivity contribution in [3.63, 3.8) is 0 Å². The van der Waals surface area contributed by atoms with E-state index < -0.39 is 10.5 Å². The van der Waals surface area contributed by atoms with Gasteiger partial charge in [0.05, 0.1) is 4.92 Å². The van der Waals surface area contributed by atoms with Crippen LogP contribution in [0.5, 0.6) is 5.88 Å². The van der Waals surface area contributed by atoms with Gasteiger partial charge in [-0.05, 0) is 29.3 Å². The number of rotatable bonds is 5. The van der Waals surface area contributed by atoms with Crippen LogP contribution in [0.15, 0.2) is 16.7 Å². The second-order valence-electron chi connectivity index (χ2n) is 4.03. The summed E-state index contributed by atoms with van der Waals surface area (Å²) in [4.78, 5) is 14.1. The second kappa shape index (κ2) is 5.42. The Hall–Kier alpha value is -1.21. The molecule has 1 aromatic rings. The number of ether oxygens (including phenoxy) is 1. The zero-order valence-electron chi connectivity index (χ0n) is 9.64. The van der Waals surface area contributed by atoms with Gasteiger partial charge >= 0.3 is 5.69 Å². The zero-order chi connectivity index (χ0) is 13.1. The van der Waals surface area contributed by atoms with E-state index in [0.29, 0.717) is 10.9 Å². The molecule has 6 nitrogen and oxygen atoms in total. The van der Waals surface area contributed by atoms with Crippen LogP contribution in [0.25, 0.3) is 0 Å². The minimum Gasteiger partial charge on any atom is -0.471 e. The third kappa shape index (κ3) is 3.94. The molecule has 1 atom stereocenters. The van der Waals surface area contributed by atoms with Crippen LogP contribution in [0.4, 0.5) is 5.69 Å². The molecule has 0 saturated carbocycles.